The van der Waals surface area contributed by atoms with E-state index in [1.54, 1.807) is 7.11 Å². The molecule has 0 saturated heterocycles. The first-order chi connectivity index (χ1) is 7.22. The molecule has 1 unspecified atom stereocenters. The monoisotopic (exact) mass is 272 g/mol. The summed E-state index contributed by atoms with van der Waals surface area (Å²) in [4.78, 5) is 0. The van der Waals surface area contributed by atoms with Gasteiger partial charge in [-0.3, -0.25) is 11.3 Å². The molecule has 4 heteroatoms. The first-order valence-corrected chi connectivity index (χ1v) is 5.81. The molecular weight excluding hydrogens is 256 g/mol. The summed E-state index contributed by atoms with van der Waals surface area (Å²) in [6.07, 6.45) is 2.08. The zero-order valence-electron chi connectivity index (χ0n) is 9.09. The van der Waals surface area contributed by atoms with Crippen LogP contribution >= 0.6 is 15.9 Å². The highest BCUT2D eigenvalue weighted by atomic mass is 79.9. The van der Waals surface area contributed by atoms with Crippen LogP contribution in [-0.4, -0.2) is 7.11 Å². The van der Waals surface area contributed by atoms with E-state index in [1.807, 2.05) is 18.2 Å². The van der Waals surface area contributed by atoms with Gasteiger partial charge < -0.3 is 4.74 Å². The van der Waals surface area contributed by atoms with Crippen molar-refractivity contribution < 1.29 is 4.74 Å². The number of halogens is 1. The second-order valence-electron chi connectivity index (χ2n) is 3.40. The first-order valence-electron chi connectivity index (χ1n) is 5.02. The lowest BCUT2D eigenvalue weighted by Crippen LogP contribution is -2.28. The largest absolute Gasteiger partial charge is 0.497 e. The summed E-state index contributed by atoms with van der Waals surface area (Å²) in [5.41, 5.74) is 3.96. The van der Waals surface area contributed by atoms with Crippen LogP contribution in [0.5, 0.6) is 5.75 Å². The molecule has 3 nitrogen and oxygen atoms in total. The number of hydrazine groups is 1. The lowest BCUT2D eigenvalue weighted by Gasteiger charge is -2.17. The highest BCUT2D eigenvalue weighted by Crippen LogP contribution is 2.29. The SMILES string of the molecule is CCCC(NN)c1cc(OC)ccc1Br. The van der Waals surface area contributed by atoms with Crippen LogP contribution < -0.4 is 16.0 Å². The van der Waals surface area contributed by atoms with E-state index in [2.05, 4.69) is 28.3 Å². The number of hydrogen-bond acceptors (Lipinski definition) is 3. The minimum Gasteiger partial charge on any atom is -0.497 e. The number of nitrogens with one attached hydrogen (secondary N) is 1. The van der Waals surface area contributed by atoms with Crippen LogP contribution in [-0.2, 0) is 0 Å². The molecule has 0 saturated carbocycles. The van der Waals surface area contributed by atoms with Gasteiger partial charge in [0.1, 0.15) is 5.75 Å². The first kappa shape index (κ1) is 12.5. The number of hydrogen-bond donors (Lipinski definition) is 2. The van der Waals surface area contributed by atoms with Gasteiger partial charge in [0.2, 0.25) is 0 Å². The summed E-state index contributed by atoms with van der Waals surface area (Å²) in [6.45, 7) is 2.14. The topological polar surface area (TPSA) is 47.3 Å². The fourth-order valence-electron chi connectivity index (χ4n) is 1.53. The van der Waals surface area contributed by atoms with Gasteiger partial charge in [0, 0.05) is 10.5 Å². The molecular formula is C11H17BrN2O. The number of benzene rings is 1. The number of nitrogens with two attached hydrogens (primary N) is 1. The van der Waals surface area contributed by atoms with E-state index in [1.165, 1.54) is 0 Å². The van der Waals surface area contributed by atoms with Gasteiger partial charge in [-0.05, 0) is 30.2 Å². The van der Waals surface area contributed by atoms with Gasteiger partial charge in [-0.1, -0.05) is 29.3 Å². The van der Waals surface area contributed by atoms with Gasteiger partial charge >= 0.3 is 0 Å². The molecule has 3 N–H and O–H groups in total. The van der Waals surface area contributed by atoms with E-state index in [-0.39, 0.29) is 6.04 Å². The Morgan fingerprint density at radius 1 is 1.53 bits per heavy atom. The number of rotatable bonds is 5. The van der Waals surface area contributed by atoms with Gasteiger partial charge in [-0.15, -0.1) is 0 Å². The third-order valence-corrected chi connectivity index (χ3v) is 3.08. The summed E-state index contributed by atoms with van der Waals surface area (Å²) in [5, 5.41) is 0. The Bertz CT molecular complexity index is 317. The standard InChI is InChI=1S/C11H17BrN2O/c1-3-4-11(14-13)9-7-8(15-2)5-6-10(9)12/h5-7,11,14H,3-4,13H2,1-2H3. The second kappa shape index (κ2) is 6.10. The lowest BCUT2D eigenvalue weighted by molar-refractivity contribution is 0.412. The van der Waals surface area contributed by atoms with E-state index in [0.29, 0.717) is 0 Å². The minimum atomic E-state index is 0.166. The van der Waals surface area contributed by atoms with Crippen molar-refractivity contribution >= 4 is 15.9 Å². The predicted molar refractivity (Wildman–Crippen MR) is 65.7 cm³/mol. The predicted octanol–water partition coefficient (Wildman–Crippen LogP) is 2.76. The average Bonchev–Trinajstić information content (AvgIpc) is 2.27. The van der Waals surface area contributed by atoms with Crippen LogP contribution in [0.1, 0.15) is 31.4 Å². The normalized spacial score (nSPS) is 12.5. The molecule has 0 spiro atoms. The summed E-state index contributed by atoms with van der Waals surface area (Å²) in [5.74, 6) is 6.39. The van der Waals surface area contributed by atoms with Crippen molar-refractivity contribution in [3.8, 4) is 5.75 Å². The maximum atomic E-state index is 5.54. The molecule has 1 rings (SSSR count). The average molecular weight is 273 g/mol. The maximum Gasteiger partial charge on any atom is 0.119 e. The minimum absolute atomic E-state index is 0.166. The van der Waals surface area contributed by atoms with Crippen LogP contribution in [0, 0.1) is 0 Å². The zero-order chi connectivity index (χ0) is 11.3. The van der Waals surface area contributed by atoms with E-state index in [9.17, 15) is 0 Å². The second-order valence-corrected chi connectivity index (χ2v) is 4.25. The molecule has 0 heterocycles. The van der Waals surface area contributed by atoms with Crippen LogP contribution in [0.4, 0.5) is 0 Å². The summed E-state index contributed by atoms with van der Waals surface area (Å²) >= 11 is 3.52. The number of methoxy groups -OCH3 is 1. The van der Waals surface area contributed by atoms with Crippen LogP contribution in [0.15, 0.2) is 22.7 Å². The third kappa shape index (κ3) is 3.19. The van der Waals surface area contributed by atoms with Gasteiger partial charge in [-0.25, -0.2) is 0 Å². The Morgan fingerprint density at radius 3 is 2.80 bits per heavy atom. The Labute approximate surface area is 99.1 Å². The van der Waals surface area contributed by atoms with E-state index in [0.717, 1.165) is 28.6 Å². The van der Waals surface area contributed by atoms with Crippen molar-refractivity contribution in [2.24, 2.45) is 5.84 Å². The van der Waals surface area contributed by atoms with Gasteiger partial charge in [-0.2, -0.15) is 0 Å². The quantitative estimate of drug-likeness (QED) is 0.640. The van der Waals surface area contributed by atoms with E-state index in [4.69, 9.17) is 10.6 Å². The highest BCUT2D eigenvalue weighted by Gasteiger charge is 2.12. The van der Waals surface area contributed by atoms with Crippen molar-refractivity contribution in [1.82, 2.24) is 5.43 Å². The zero-order valence-corrected chi connectivity index (χ0v) is 10.7. The molecule has 1 atom stereocenters. The fourth-order valence-corrected chi connectivity index (χ4v) is 2.06. The van der Waals surface area contributed by atoms with Crippen molar-refractivity contribution in [3.63, 3.8) is 0 Å². The van der Waals surface area contributed by atoms with Crippen molar-refractivity contribution in [2.45, 2.75) is 25.8 Å². The summed E-state index contributed by atoms with van der Waals surface area (Å²) in [7, 11) is 1.66. The Hall–Kier alpha value is -0.580. The smallest absolute Gasteiger partial charge is 0.119 e. The van der Waals surface area contributed by atoms with E-state index < -0.39 is 0 Å². The Kier molecular flexibility index (Phi) is 5.08. The van der Waals surface area contributed by atoms with Crippen molar-refractivity contribution in [2.75, 3.05) is 7.11 Å². The van der Waals surface area contributed by atoms with Gasteiger partial charge in [0.05, 0.1) is 7.11 Å². The van der Waals surface area contributed by atoms with Crippen LogP contribution in [0.25, 0.3) is 0 Å². The molecule has 84 valence electrons. The summed E-state index contributed by atoms with van der Waals surface area (Å²) < 4.78 is 6.25. The molecule has 0 radical (unpaired) electrons. The van der Waals surface area contributed by atoms with Crippen LogP contribution in [0.3, 0.4) is 0 Å². The van der Waals surface area contributed by atoms with Crippen LogP contribution in [0.2, 0.25) is 0 Å². The third-order valence-electron chi connectivity index (χ3n) is 2.36. The van der Waals surface area contributed by atoms with Crippen molar-refractivity contribution in [1.29, 1.82) is 0 Å². The molecule has 0 bridgehead atoms. The molecule has 1 aromatic rings. The molecule has 0 aliphatic rings. The fraction of sp³-hybridized carbons (Fsp3) is 0.455. The Morgan fingerprint density at radius 2 is 2.27 bits per heavy atom. The van der Waals surface area contributed by atoms with Gasteiger partial charge in [0.15, 0.2) is 0 Å². The van der Waals surface area contributed by atoms with E-state index >= 15 is 0 Å². The molecule has 0 fully saturated rings. The molecule has 1 aromatic carbocycles. The van der Waals surface area contributed by atoms with Crippen molar-refractivity contribution in [3.05, 3.63) is 28.2 Å². The lowest BCUT2D eigenvalue weighted by atomic mass is 10.0. The highest BCUT2D eigenvalue weighted by molar-refractivity contribution is 9.10. The molecule has 15 heavy (non-hydrogen) atoms. The maximum absolute atomic E-state index is 5.54. The number of ether oxygens (including phenoxy) is 1. The summed E-state index contributed by atoms with van der Waals surface area (Å²) in [6, 6.07) is 6.07. The van der Waals surface area contributed by atoms with Gasteiger partial charge in [0.25, 0.3) is 0 Å². The molecule has 0 aromatic heterocycles. The molecule has 0 aliphatic carbocycles. The molecule has 0 amide bonds. The molecule has 0 aliphatic heterocycles. The Balaban J connectivity index is 2.98.